The van der Waals surface area contributed by atoms with Crippen LogP contribution in [0.3, 0.4) is 0 Å². The van der Waals surface area contributed by atoms with Gasteiger partial charge in [0.1, 0.15) is 0 Å². The van der Waals surface area contributed by atoms with Crippen molar-refractivity contribution in [3.63, 3.8) is 0 Å². The number of hydrogen-bond donors (Lipinski definition) is 1. The second kappa shape index (κ2) is 2.58. The first-order valence-corrected chi connectivity index (χ1v) is 5.23. The highest BCUT2D eigenvalue weighted by molar-refractivity contribution is 5.45. The van der Waals surface area contributed by atoms with Gasteiger partial charge in [-0.15, -0.1) is 0 Å². The summed E-state index contributed by atoms with van der Waals surface area (Å²) in [5.41, 5.74) is 10.7. The molecule has 0 aliphatic heterocycles. The molecular weight excluding hydrogens is 158 g/mol. The fourth-order valence-electron chi connectivity index (χ4n) is 3.02. The third-order valence-electron chi connectivity index (χ3n) is 3.58. The van der Waals surface area contributed by atoms with E-state index >= 15 is 0 Å². The lowest BCUT2D eigenvalue weighted by molar-refractivity contribution is 0.525. The molecule has 0 bridgehead atoms. The van der Waals surface area contributed by atoms with Gasteiger partial charge in [-0.25, -0.2) is 0 Å². The van der Waals surface area contributed by atoms with E-state index in [1.165, 1.54) is 31.2 Å². The zero-order valence-electron chi connectivity index (χ0n) is 7.79. The topological polar surface area (TPSA) is 26.0 Å². The standard InChI is InChI=1S/C12H15N/c13-11-7-9-5-1-3-8-4-2-6-10(11)12(8)9/h2,4,6,9,11H,1,3,5,7,13H2/t9-,11-/m0/s1. The summed E-state index contributed by atoms with van der Waals surface area (Å²) < 4.78 is 0. The van der Waals surface area contributed by atoms with Crippen LogP contribution in [0, 0.1) is 0 Å². The van der Waals surface area contributed by atoms with Gasteiger partial charge < -0.3 is 5.73 Å². The van der Waals surface area contributed by atoms with E-state index in [9.17, 15) is 0 Å². The maximum atomic E-state index is 6.11. The summed E-state index contributed by atoms with van der Waals surface area (Å²) in [6.45, 7) is 0. The highest BCUT2D eigenvalue weighted by Gasteiger charge is 2.32. The molecule has 2 aliphatic carbocycles. The van der Waals surface area contributed by atoms with E-state index in [0.29, 0.717) is 6.04 Å². The summed E-state index contributed by atoms with van der Waals surface area (Å²) in [5.74, 6) is 0.787. The smallest absolute Gasteiger partial charge is 0.0303 e. The summed E-state index contributed by atoms with van der Waals surface area (Å²) in [7, 11) is 0. The van der Waals surface area contributed by atoms with Crippen LogP contribution in [0.2, 0.25) is 0 Å². The Morgan fingerprint density at radius 1 is 1.31 bits per heavy atom. The van der Waals surface area contributed by atoms with E-state index in [2.05, 4.69) is 18.2 Å². The van der Waals surface area contributed by atoms with Crippen LogP contribution >= 0.6 is 0 Å². The van der Waals surface area contributed by atoms with E-state index < -0.39 is 0 Å². The van der Waals surface area contributed by atoms with Gasteiger partial charge in [-0.05, 0) is 48.3 Å². The summed E-state index contributed by atoms with van der Waals surface area (Å²) in [4.78, 5) is 0. The van der Waals surface area contributed by atoms with Gasteiger partial charge in [-0.1, -0.05) is 18.2 Å². The van der Waals surface area contributed by atoms with Gasteiger partial charge in [0.25, 0.3) is 0 Å². The molecule has 0 heterocycles. The van der Waals surface area contributed by atoms with Crippen molar-refractivity contribution >= 4 is 0 Å². The van der Waals surface area contributed by atoms with Gasteiger partial charge in [-0.2, -0.15) is 0 Å². The molecule has 1 nitrogen and oxygen atoms in total. The minimum Gasteiger partial charge on any atom is -0.324 e. The second-order valence-electron chi connectivity index (χ2n) is 4.35. The van der Waals surface area contributed by atoms with Crippen molar-refractivity contribution in [1.82, 2.24) is 0 Å². The third kappa shape index (κ3) is 0.969. The predicted molar refractivity (Wildman–Crippen MR) is 53.7 cm³/mol. The Morgan fingerprint density at radius 3 is 3.15 bits per heavy atom. The molecule has 2 atom stereocenters. The van der Waals surface area contributed by atoms with E-state index in [1.54, 1.807) is 11.1 Å². The van der Waals surface area contributed by atoms with Gasteiger partial charge in [0.15, 0.2) is 0 Å². The number of hydrogen-bond acceptors (Lipinski definition) is 1. The van der Waals surface area contributed by atoms with E-state index in [0.717, 1.165) is 5.92 Å². The molecule has 1 heteroatoms. The monoisotopic (exact) mass is 173 g/mol. The average Bonchev–Trinajstić information content (AvgIpc) is 2.47. The normalized spacial score (nSPS) is 30.2. The number of aryl methyl sites for hydroxylation is 1. The van der Waals surface area contributed by atoms with Crippen molar-refractivity contribution in [3.05, 3.63) is 34.9 Å². The Hall–Kier alpha value is -0.820. The van der Waals surface area contributed by atoms with E-state index in [-0.39, 0.29) is 0 Å². The largest absolute Gasteiger partial charge is 0.324 e. The van der Waals surface area contributed by atoms with Crippen molar-refractivity contribution in [3.8, 4) is 0 Å². The number of nitrogens with two attached hydrogens (primary N) is 1. The van der Waals surface area contributed by atoms with E-state index in [4.69, 9.17) is 5.73 Å². The van der Waals surface area contributed by atoms with Crippen LogP contribution in [-0.4, -0.2) is 0 Å². The molecule has 1 aromatic carbocycles. The van der Waals surface area contributed by atoms with Gasteiger partial charge in [0.2, 0.25) is 0 Å². The van der Waals surface area contributed by atoms with Gasteiger partial charge in [0.05, 0.1) is 0 Å². The number of benzene rings is 1. The molecule has 3 rings (SSSR count). The first-order valence-electron chi connectivity index (χ1n) is 5.23. The zero-order chi connectivity index (χ0) is 8.84. The molecule has 0 spiro atoms. The summed E-state index contributed by atoms with van der Waals surface area (Å²) >= 11 is 0. The fourth-order valence-corrected chi connectivity index (χ4v) is 3.02. The summed E-state index contributed by atoms with van der Waals surface area (Å²) in [5, 5.41) is 0. The Morgan fingerprint density at radius 2 is 2.23 bits per heavy atom. The minimum absolute atomic E-state index is 0.318. The Bertz CT molecular complexity index is 343. The molecule has 0 saturated heterocycles. The molecule has 0 amide bonds. The minimum atomic E-state index is 0.318. The molecular formula is C12H15N. The van der Waals surface area contributed by atoms with E-state index in [1.807, 2.05) is 0 Å². The first-order chi connectivity index (χ1) is 6.36. The summed E-state index contributed by atoms with van der Waals surface area (Å²) in [6.07, 6.45) is 5.17. The Kier molecular flexibility index (Phi) is 1.50. The van der Waals surface area contributed by atoms with Crippen molar-refractivity contribution in [2.75, 3.05) is 0 Å². The maximum Gasteiger partial charge on any atom is 0.0303 e. The van der Waals surface area contributed by atoms with Crippen molar-refractivity contribution in [2.45, 2.75) is 37.6 Å². The molecule has 1 aromatic rings. The molecule has 0 fully saturated rings. The summed E-state index contributed by atoms with van der Waals surface area (Å²) in [6, 6.07) is 6.98. The SMILES string of the molecule is N[C@H]1C[C@@H]2CCCc3cccc1c32. The predicted octanol–water partition coefficient (Wildman–Crippen LogP) is 2.51. The first kappa shape index (κ1) is 7.57. The quantitative estimate of drug-likeness (QED) is 0.641. The maximum absolute atomic E-state index is 6.11. The average molecular weight is 173 g/mol. The van der Waals surface area contributed by atoms with Gasteiger partial charge >= 0.3 is 0 Å². The van der Waals surface area contributed by atoms with Crippen LogP contribution in [0.5, 0.6) is 0 Å². The molecule has 2 N–H and O–H groups in total. The van der Waals surface area contributed by atoms with Crippen LogP contribution < -0.4 is 5.73 Å². The lowest BCUT2D eigenvalue weighted by Crippen LogP contribution is -2.05. The Labute approximate surface area is 78.9 Å². The zero-order valence-corrected chi connectivity index (χ0v) is 7.79. The highest BCUT2D eigenvalue weighted by Crippen LogP contribution is 2.46. The van der Waals surface area contributed by atoms with Crippen molar-refractivity contribution in [1.29, 1.82) is 0 Å². The van der Waals surface area contributed by atoms with Gasteiger partial charge in [0, 0.05) is 6.04 Å². The Balaban J connectivity index is 2.22. The molecule has 13 heavy (non-hydrogen) atoms. The van der Waals surface area contributed by atoms with Crippen LogP contribution in [0.25, 0.3) is 0 Å². The van der Waals surface area contributed by atoms with Gasteiger partial charge in [-0.3, -0.25) is 0 Å². The fraction of sp³-hybridized carbons (Fsp3) is 0.500. The molecule has 2 aliphatic rings. The van der Waals surface area contributed by atoms with Crippen LogP contribution in [-0.2, 0) is 6.42 Å². The number of rotatable bonds is 0. The molecule has 0 radical (unpaired) electrons. The molecule has 0 saturated carbocycles. The lowest BCUT2D eigenvalue weighted by atomic mass is 9.84. The van der Waals surface area contributed by atoms with Crippen LogP contribution in [0.1, 0.15) is 47.9 Å². The van der Waals surface area contributed by atoms with Crippen LogP contribution in [0.4, 0.5) is 0 Å². The van der Waals surface area contributed by atoms with Crippen molar-refractivity contribution < 1.29 is 0 Å². The molecule has 0 aromatic heterocycles. The van der Waals surface area contributed by atoms with Crippen LogP contribution in [0.15, 0.2) is 18.2 Å². The second-order valence-corrected chi connectivity index (χ2v) is 4.35. The highest BCUT2D eigenvalue weighted by atomic mass is 14.7. The lowest BCUT2D eigenvalue weighted by Gasteiger charge is -2.20. The molecule has 0 unspecified atom stereocenters. The van der Waals surface area contributed by atoms with Crippen molar-refractivity contribution in [2.24, 2.45) is 5.73 Å². The third-order valence-corrected chi connectivity index (χ3v) is 3.58. The molecule has 68 valence electrons.